The van der Waals surface area contributed by atoms with E-state index in [1.807, 2.05) is 51.1 Å². The van der Waals surface area contributed by atoms with Gasteiger partial charge in [0.15, 0.2) is 0 Å². The van der Waals surface area contributed by atoms with Crippen molar-refractivity contribution in [3.63, 3.8) is 0 Å². The van der Waals surface area contributed by atoms with Gasteiger partial charge < -0.3 is 5.11 Å². The maximum Gasteiger partial charge on any atom is 0.328 e. The van der Waals surface area contributed by atoms with E-state index < -0.39 is 11.5 Å². The van der Waals surface area contributed by atoms with Crippen LogP contribution in [0.3, 0.4) is 0 Å². The molecule has 1 rings (SSSR count). The second kappa shape index (κ2) is 5.82. The van der Waals surface area contributed by atoms with Gasteiger partial charge in [0.25, 0.3) is 0 Å². The fraction of sp³-hybridized carbons (Fsp3) is 0.500. The third kappa shape index (κ3) is 2.86. The zero-order valence-electron chi connectivity index (χ0n) is 10.7. The van der Waals surface area contributed by atoms with Crippen LogP contribution in [0, 0.1) is 0 Å². The van der Waals surface area contributed by atoms with E-state index in [9.17, 15) is 9.90 Å². The summed E-state index contributed by atoms with van der Waals surface area (Å²) >= 11 is 0. The first-order chi connectivity index (χ1) is 8.06. The van der Waals surface area contributed by atoms with Crippen LogP contribution in [-0.4, -0.2) is 17.1 Å². The minimum Gasteiger partial charge on any atom is -0.480 e. The molecule has 1 aromatic rings. The van der Waals surface area contributed by atoms with Gasteiger partial charge in [-0.05, 0) is 25.3 Å². The summed E-state index contributed by atoms with van der Waals surface area (Å²) in [7, 11) is 0. The van der Waals surface area contributed by atoms with Crippen LogP contribution in [0.2, 0.25) is 0 Å². The second-order valence-corrected chi connectivity index (χ2v) is 4.38. The Morgan fingerprint density at radius 2 is 1.94 bits per heavy atom. The third-order valence-electron chi connectivity index (χ3n) is 3.27. The lowest BCUT2D eigenvalue weighted by Crippen LogP contribution is -2.52. The molecule has 0 aliphatic rings. The summed E-state index contributed by atoms with van der Waals surface area (Å²) in [6, 6.07) is 9.56. The molecule has 0 aromatic heterocycles. The Balaban J connectivity index is 3.14. The van der Waals surface area contributed by atoms with Crippen molar-refractivity contribution in [2.24, 2.45) is 0 Å². The molecule has 0 saturated carbocycles. The third-order valence-corrected chi connectivity index (χ3v) is 3.27. The summed E-state index contributed by atoms with van der Waals surface area (Å²) in [5, 5.41) is 12.8. The highest BCUT2D eigenvalue weighted by molar-refractivity contribution is 5.80. The Hall–Kier alpha value is -1.35. The summed E-state index contributed by atoms with van der Waals surface area (Å²) in [6.07, 6.45) is 1.43. The predicted octanol–water partition coefficient (Wildman–Crippen LogP) is 2.76. The molecule has 0 saturated heterocycles. The van der Waals surface area contributed by atoms with Gasteiger partial charge in [-0.3, -0.25) is 5.32 Å². The Labute approximate surface area is 103 Å². The number of carboxylic acids is 1. The lowest BCUT2D eigenvalue weighted by atomic mass is 9.86. The molecule has 0 radical (unpaired) electrons. The van der Waals surface area contributed by atoms with Crippen molar-refractivity contribution in [3.05, 3.63) is 35.9 Å². The van der Waals surface area contributed by atoms with E-state index in [-0.39, 0.29) is 6.04 Å². The molecule has 2 unspecified atom stereocenters. The van der Waals surface area contributed by atoms with Crippen molar-refractivity contribution in [2.45, 2.75) is 45.2 Å². The zero-order valence-corrected chi connectivity index (χ0v) is 10.7. The van der Waals surface area contributed by atoms with Gasteiger partial charge in [0.1, 0.15) is 5.54 Å². The topological polar surface area (TPSA) is 49.3 Å². The number of benzene rings is 1. The first-order valence-corrected chi connectivity index (χ1v) is 6.13. The van der Waals surface area contributed by atoms with Crippen molar-refractivity contribution in [1.29, 1.82) is 0 Å². The molecule has 0 fully saturated rings. The number of carbonyl (C=O) groups is 1. The molecule has 2 atom stereocenters. The highest BCUT2D eigenvalue weighted by atomic mass is 16.4. The van der Waals surface area contributed by atoms with E-state index in [2.05, 4.69) is 5.32 Å². The predicted molar refractivity (Wildman–Crippen MR) is 68.9 cm³/mol. The van der Waals surface area contributed by atoms with Crippen molar-refractivity contribution in [3.8, 4) is 0 Å². The Kier molecular flexibility index (Phi) is 4.70. The first-order valence-electron chi connectivity index (χ1n) is 6.13. The number of hydrogen-bond acceptors (Lipinski definition) is 2. The Bertz CT molecular complexity index is 364. The molecule has 3 heteroatoms. The number of rotatable bonds is 6. The molecule has 0 spiro atoms. The van der Waals surface area contributed by atoms with Crippen LogP contribution in [0.1, 0.15) is 39.2 Å². The fourth-order valence-electron chi connectivity index (χ4n) is 1.97. The molecule has 17 heavy (non-hydrogen) atoms. The molecule has 0 heterocycles. The van der Waals surface area contributed by atoms with Crippen LogP contribution in [0.25, 0.3) is 0 Å². The fourth-order valence-corrected chi connectivity index (χ4v) is 1.97. The molecule has 2 N–H and O–H groups in total. The van der Waals surface area contributed by atoms with E-state index in [4.69, 9.17) is 0 Å². The smallest absolute Gasteiger partial charge is 0.328 e. The summed E-state index contributed by atoms with van der Waals surface area (Å²) < 4.78 is 0. The summed E-state index contributed by atoms with van der Waals surface area (Å²) in [5.41, 5.74) is -0.160. The van der Waals surface area contributed by atoms with Gasteiger partial charge in [0.05, 0.1) is 0 Å². The Morgan fingerprint density at radius 3 is 2.35 bits per heavy atom. The molecule has 3 nitrogen and oxygen atoms in total. The van der Waals surface area contributed by atoms with Gasteiger partial charge in [0, 0.05) is 6.04 Å². The zero-order chi connectivity index (χ0) is 12.9. The monoisotopic (exact) mass is 235 g/mol. The maximum atomic E-state index is 11.6. The van der Waals surface area contributed by atoms with E-state index in [1.54, 1.807) is 0 Å². The van der Waals surface area contributed by atoms with Gasteiger partial charge in [0.2, 0.25) is 0 Å². The first kappa shape index (κ1) is 13.7. The molecule has 0 aliphatic carbocycles. The minimum atomic E-state index is -0.976. The van der Waals surface area contributed by atoms with E-state index in [0.717, 1.165) is 12.0 Å². The number of nitrogens with one attached hydrogen (secondary N) is 1. The van der Waals surface area contributed by atoms with Crippen molar-refractivity contribution < 1.29 is 9.90 Å². The molecule has 94 valence electrons. The SMILES string of the molecule is CCC(C)NC(CC)(C(=O)O)c1ccccc1. The van der Waals surface area contributed by atoms with Crippen LogP contribution in [0.5, 0.6) is 0 Å². The number of carboxylic acid groups (broad SMARTS) is 1. The van der Waals surface area contributed by atoms with Gasteiger partial charge in [-0.25, -0.2) is 4.79 Å². The van der Waals surface area contributed by atoms with E-state index >= 15 is 0 Å². The quantitative estimate of drug-likeness (QED) is 0.797. The van der Waals surface area contributed by atoms with Gasteiger partial charge in [-0.2, -0.15) is 0 Å². The molecule has 0 aliphatic heterocycles. The van der Waals surface area contributed by atoms with Crippen molar-refractivity contribution in [2.75, 3.05) is 0 Å². The lowest BCUT2D eigenvalue weighted by molar-refractivity contribution is -0.146. The number of hydrogen-bond donors (Lipinski definition) is 2. The van der Waals surface area contributed by atoms with Crippen LogP contribution >= 0.6 is 0 Å². The normalized spacial score (nSPS) is 16.2. The van der Waals surface area contributed by atoms with Crippen LogP contribution < -0.4 is 5.32 Å². The van der Waals surface area contributed by atoms with E-state index in [0.29, 0.717) is 6.42 Å². The van der Waals surface area contributed by atoms with Crippen LogP contribution in [0.15, 0.2) is 30.3 Å². The second-order valence-electron chi connectivity index (χ2n) is 4.38. The van der Waals surface area contributed by atoms with Gasteiger partial charge in [-0.15, -0.1) is 0 Å². The highest BCUT2D eigenvalue weighted by Crippen LogP contribution is 2.26. The van der Waals surface area contributed by atoms with Crippen LogP contribution in [0.4, 0.5) is 0 Å². The van der Waals surface area contributed by atoms with Crippen molar-refractivity contribution in [1.82, 2.24) is 5.32 Å². The summed E-state index contributed by atoms with van der Waals surface area (Å²) in [4.78, 5) is 11.6. The molecule has 0 bridgehead atoms. The molecular formula is C14H21NO2. The molecule has 0 amide bonds. The maximum absolute atomic E-state index is 11.6. The van der Waals surface area contributed by atoms with Crippen LogP contribution in [-0.2, 0) is 10.3 Å². The highest BCUT2D eigenvalue weighted by Gasteiger charge is 2.39. The van der Waals surface area contributed by atoms with Gasteiger partial charge >= 0.3 is 5.97 Å². The minimum absolute atomic E-state index is 0.172. The lowest BCUT2D eigenvalue weighted by Gasteiger charge is -2.33. The average molecular weight is 235 g/mol. The van der Waals surface area contributed by atoms with E-state index in [1.165, 1.54) is 0 Å². The Morgan fingerprint density at radius 1 is 1.35 bits per heavy atom. The largest absolute Gasteiger partial charge is 0.480 e. The standard InChI is InChI=1S/C14H21NO2/c1-4-11(3)15-14(5-2,13(16)17)12-9-7-6-8-10-12/h6-11,15H,4-5H2,1-3H3,(H,16,17). The van der Waals surface area contributed by atoms with Crippen molar-refractivity contribution >= 4 is 5.97 Å². The molecule has 1 aromatic carbocycles. The average Bonchev–Trinajstić information content (AvgIpc) is 2.36. The molecular weight excluding hydrogens is 214 g/mol. The summed E-state index contributed by atoms with van der Waals surface area (Å²) in [5.74, 6) is -0.813. The number of aliphatic carboxylic acids is 1. The van der Waals surface area contributed by atoms with Gasteiger partial charge in [-0.1, -0.05) is 44.2 Å². The summed E-state index contributed by atoms with van der Waals surface area (Å²) in [6.45, 7) is 5.96.